The number of hydrogen-bond acceptors (Lipinski definition) is 1. The van der Waals surface area contributed by atoms with Crippen LogP contribution in [0.3, 0.4) is 0 Å². The zero-order chi connectivity index (χ0) is 30.0. The Bertz CT molecular complexity index is 2700. The van der Waals surface area contributed by atoms with Gasteiger partial charge >= 0.3 is 0 Å². The normalized spacial score (nSPS) is 13.8. The Hall–Kier alpha value is -5.92. The van der Waals surface area contributed by atoms with Crippen LogP contribution in [0.5, 0.6) is 0 Å². The lowest BCUT2D eigenvalue weighted by Gasteiger charge is -2.31. The van der Waals surface area contributed by atoms with Crippen molar-refractivity contribution >= 4 is 43.5 Å². The predicted octanol–water partition coefficient (Wildman–Crippen LogP) is 11.9. The first-order valence-electron chi connectivity index (χ1n) is 16.0. The van der Waals surface area contributed by atoms with E-state index in [1.165, 1.54) is 66.2 Å². The van der Waals surface area contributed by atoms with Crippen LogP contribution >= 0.6 is 0 Å². The van der Waals surface area contributed by atoms with Crippen LogP contribution in [0.25, 0.3) is 76.9 Å². The van der Waals surface area contributed by atoms with Gasteiger partial charge in [-0.25, -0.2) is 0 Å². The van der Waals surface area contributed by atoms with Crippen LogP contribution in [0, 0.1) is 0 Å². The molecule has 1 heterocycles. The van der Waals surface area contributed by atoms with Crippen LogP contribution in [0.2, 0.25) is 0 Å². The minimum atomic E-state index is -0.351. The Kier molecular flexibility index (Phi) is 4.57. The molecule has 1 nitrogen and oxygen atoms in total. The molecule has 8 aromatic carbocycles. The summed E-state index contributed by atoms with van der Waals surface area (Å²) >= 11 is 0. The van der Waals surface area contributed by atoms with Crippen LogP contribution < -0.4 is 0 Å². The fourth-order valence-corrected chi connectivity index (χ4v) is 8.80. The highest BCUT2D eigenvalue weighted by Gasteiger charge is 2.52. The Balaban J connectivity index is 1.15. The van der Waals surface area contributed by atoms with E-state index in [1.807, 2.05) is 0 Å². The van der Waals surface area contributed by atoms with Gasteiger partial charge in [-0.15, -0.1) is 0 Å². The van der Waals surface area contributed by atoms with Gasteiger partial charge in [-0.2, -0.15) is 0 Å². The molecular formula is C45H26O. The van der Waals surface area contributed by atoms with Crippen molar-refractivity contribution in [3.63, 3.8) is 0 Å². The van der Waals surface area contributed by atoms with Gasteiger partial charge in [0, 0.05) is 16.2 Å². The minimum absolute atomic E-state index is 0.351. The summed E-state index contributed by atoms with van der Waals surface area (Å²) in [7, 11) is 0. The van der Waals surface area contributed by atoms with E-state index in [4.69, 9.17) is 4.42 Å². The SMILES string of the molecule is c1ccc2c(c1)-c1ccccc1C21c2ccccc2-c2ccc3cc(-c4ccc5c(c4)oc4c6ccccc6ccc54)ccc3c21. The lowest BCUT2D eigenvalue weighted by atomic mass is 9.69. The lowest BCUT2D eigenvalue weighted by Crippen LogP contribution is -2.26. The van der Waals surface area contributed by atoms with Gasteiger partial charge in [0.05, 0.1) is 5.41 Å². The first-order valence-corrected chi connectivity index (χ1v) is 16.0. The monoisotopic (exact) mass is 582 g/mol. The smallest absolute Gasteiger partial charge is 0.143 e. The van der Waals surface area contributed by atoms with E-state index in [9.17, 15) is 0 Å². The molecule has 0 aliphatic heterocycles. The summed E-state index contributed by atoms with van der Waals surface area (Å²) in [5, 5.41) is 7.23. The molecule has 1 aromatic heterocycles. The molecule has 0 radical (unpaired) electrons. The van der Waals surface area contributed by atoms with Gasteiger partial charge < -0.3 is 4.42 Å². The van der Waals surface area contributed by atoms with Crippen LogP contribution in [0.15, 0.2) is 162 Å². The van der Waals surface area contributed by atoms with E-state index in [0.29, 0.717) is 0 Å². The predicted molar refractivity (Wildman–Crippen MR) is 190 cm³/mol. The van der Waals surface area contributed by atoms with Crippen molar-refractivity contribution in [2.24, 2.45) is 0 Å². The molecule has 212 valence electrons. The second-order valence-corrected chi connectivity index (χ2v) is 12.8. The van der Waals surface area contributed by atoms with Gasteiger partial charge in [0.15, 0.2) is 0 Å². The third-order valence-electron chi connectivity index (χ3n) is 10.7. The maximum absolute atomic E-state index is 6.54. The van der Waals surface area contributed by atoms with Crippen molar-refractivity contribution in [2.75, 3.05) is 0 Å². The summed E-state index contributed by atoms with van der Waals surface area (Å²) in [5.41, 5.74) is 14.7. The quantitative estimate of drug-likeness (QED) is 0.188. The van der Waals surface area contributed by atoms with Crippen LogP contribution in [0.4, 0.5) is 0 Å². The molecule has 0 unspecified atom stereocenters. The topological polar surface area (TPSA) is 13.1 Å². The van der Waals surface area contributed by atoms with Crippen LogP contribution in [0.1, 0.15) is 22.3 Å². The zero-order valence-electron chi connectivity index (χ0n) is 24.9. The molecule has 9 aromatic rings. The molecule has 1 heteroatoms. The third-order valence-corrected chi connectivity index (χ3v) is 10.7. The molecule has 46 heavy (non-hydrogen) atoms. The lowest BCUT2D eigenvalue weighted by molar-refractivity contribution is 0.673. The summed E-state index contributed by atoms with van der Waals surface area (Å²) in [5.74, 6) is 0. The second kappa shape index (κ2) is 8.62. The highest BCUT2D eigenvalue weighted by atomic mass is 16.3. The number of hydrogen-bond donors (Lipinski definition) is 0. The van der Waals surface area contributed by atoms with Crippen molar-refractivity contribution in [2.45, 2.75) is 5.41 Å². The maximum Gasteiger partial charge on any atom is 0.143 e. The van der Waals surface area contributed by atoms with E-state index in [1.54, 1.807) is 0 Å². The van der Waals surface area contributed by atoms with Crippen molar-refractivity contribution in [3.05, 3.63) is 180 Å². The Labute approximate surface area is 266 Å². The minimum Gasteiger partial charge on any atom is -0.455 e. The second-order valence-electron chi connectivity index (χ2n) is 12.8. The van der Waals surface area contributed by atoms with E-state index < -0.39 is 0 Å². The standard InChI is InChI=1S/C45H26O/c1-2-10-32-27(9-1)17-24-38-36-22-19-29(26-42(36)46-44(32)38)28-18-21-31-30(25-28)20-23-37-35-13-5-8-16-41(35)45(43(31)37)39-14-6-3-11-33(39)34-12-4-7-15-40(34)45/h1-26H. The summed E-state index contributed by atoms with van der Waals surface area (Å²) in [6.45, 7) is 0. The van der Waals surface area contributed by atoms with Crippen LogP contribution in [-0.2, 0) is 5.41 Å². The van der Waals surface area contributed by atoms with Crippen molar-refractivity contribution in [1.29, 1.82) is 0 Å². The number of benzene rings is 8. The first kappa shape index (κ1) is 24.4. The molecule has 0 bridgehead atoms. The highest BCUT2D eigenvalue weighted by molar-refractivity contribution is 6.15. The molecule has 0 fully saturated rings. The Morgan fingerprint density at radius 3 is 1.67 bits per heavy atom. The van der Waals surface area contributed by atoms with Gasteiger partial charge in [0.1, 0.15) is 11.2 Å². The fourth-order valence-electron chi connectivity index (χ4n) is 8.80. The molecule has 2 aliphatic rings. The van der Waals surface area contributed by atoms with Crippen molar-refractivity contribution in [3.8, 4) is 33.4 Å². The molecule has 2 aliphatic carbocycles. The Morgan fingerprint density at radius 2 is 0.935 bits per heavy atom. The molecule has 1 spiro atoms. The largest absolute Gasteiger partial charge is 0.455 e. The zero-order valence-corrected chi connectivity index (χ0v) is 24.9. The molecule has 0 atom stereocenters. The molecule has 0 saturated heterocycles. The van der Waals surface area contributed by atoms with Gasteiger partial charge in [0.25, 0.3) is 0 Å². The van der Waals surface area contributed by atoms with Crippen molar-refractivity contribution in [1.82, 2.24) is 0 Å². The summed E-state index contributed by atoms with van der Waals surface area (Å²) in [6, 6.07) is 58.2. The van der Waals surface area contributed by atoms with Gasteiger partial charge in [0.2, 0.25) is 0 Å². The maximum atomic E-state index is 6.54. The van der Waals surface area contributed by atoms with Gasteiger partial charge in [-0.05, 0) is 96.1 Å². The summed E-state index contributed by atoms with van der Waals surface area (Å²) in [6.07, 6.45) is 0. The number of rotatable bonds is 1. The van der Waals surface area contributed by atoms with Gasteiger partial charge in [-0.3, -0.25) is 0 Å². The molecule has 0 saturated carbocycles. The highest BCUT2D eigenvalue weighted by Crippen LogP contribution is 2.64. The number of fused-ring (bicyclic) bond motifs is 17. The Morgan fingerprint density at radius 1 is 0.370 bits per heavy atom. The number of furan rings is 1. The summed E-state index contributed by atoms with van der Waals surface area (Å²) in [4.78, 5) is 0. The van der Waals surface area contributed by atoms with Crippen LogP contribution in [-0.4, -0.2) is 0 Å². The first-order chi connectivity index (χ1) is 22.8. The fraction of sp³-hybridized carbons (Fsp3) is 0.0222. The van der Waals surface area contributed by atoms with Crippen molar-refractivity contribution < 1.29 is 4.42 Å². The average molecular weight is 583 g/mol. The third kappa shape index (κ3) is 2.91. The van der Waals surface area contributed by atoms with E-state index in [2.05, 4.69) is 158 Å². The van der Waals surface area contributed by atoms with Gasteiger partial charge in [-0.1, -0.05) is 133 Å². The van der Waals surface area contributed by atoms with E-state index in [0.717, 1.165) is 32.9 Å². The summed E-state index contributed by atoms with van der Waals surface area (Å²) < 4.78 is 6.54. The molecular weight excluding hydrogens is 556 g/mol. The molecule has 11 rings (SSSR count). The molecule has 0 amide bonds. The molecule has 0 N–H and O–H groups in total. The van der Waals surface area contributed by atoms with E-state index in [-0.39, 0.29) is 5.41 Å². The van der Waals surface area contributed by atoms with E-state index >= 15 is 0 Å². The average Bonchev–Trinajstić information content (AvgIpc) is 3.75.